The second-order valence-electron chi connectivity index (χ2n) is 2.07. The van der Waals surface area contributed by atoms with Crippen LogP contribution in [0.2, 0.25) is 0 Å². The molecule has 0 spiro atoms. The molecule has 10 heavy (non-hydrogen) atoms. The Kier molecular flexibility index (Phi) is 2.90. The molecule has 54 valence electrons. The van der Waals surface area contributed by atoms with Crippen molar-refractivity contribution in [3.05, 3.63) is 24.3 Å². The van der Waals surface area contributed by atoms with Gasteiger partial charge in [-0.1, -0.05) is 12.2 Å². The van der Waals surface area contributed by atoms with Gasteiger partial charge in [-0.15, -0.1) is 0 Å². The van der Waals surface area contributed by atoms with Crippen LogP contribution in [-0.2, 0) is 0 Å². The normalized spacial score (nSPS) is 15.9. The Balaban J connectivity index is 2.46. The molecule has 0 saturated heterocycles. The summed E-state index contributed by atoms with van der Waals surface area (Å²) in [6.45, 7) is 0.634. The first-order valence-electron chi connectivity index (χ1n) is 3.42. The van der Waals surface area contributed by atoms with Crippen LogP contribution < -0.4 is 0 Å². The van der Waals surface area contributed by atoms with Gasteiger partial charge < -0.3 is 5.11 Å². The van der Waals surface area contributed by atoms with Crippen molar-refractivity contribution in [2.75, 3.05) is 13.2 Å². The molecule has 0 aromatic rings. The molecule has 0 aromatic carbocycles. The van der Waals surface area contributed by atoms with E-state index in [2.05, 4.69) is 17.1 Å². The summed E-state index contributed by atoms with van der Waals surface area (Å²) in [7, 11) is 0. The first-order valence-corrected chi connectivity index (χ1v) is 3.42. The third-order valence-corrected chi connectivity index (χ3v) is 1.24. The van der Waals surface area contributed by atoms with Crippen LogP contribution in [0.5, 0.6) is 0 Å². The van der Waals surface area contributed by atoms with E-state index < -0.39 is 0 Å². The first-order chi connectivity index (χ1) is 4.93. The van der Waals surface area contributed by atoms with Crippen molar-refractivity contribution in [2.45, 2.75) is 6.42 Å². The predicted molar refractivity (Wildman–Crippen MR) is 42.3 cm³/mol. The fourth-order valence-corrected chi connectivity index (χ4v) is 0.796. The van der Waals surface area contributed by atoms with E-state index in [9.17, 15) is 0 Å². The average Bonchev–Trinajstić information content (AvgIpc) is 2.03. The molecular weight excluding hydrogens is 126 g/mol. The second-order valence-corrected chi connectivity index (χ2v) is 2.07. The van der Waals surface area contributed by atoms with Crippen LogP contribution in [0.15, 0.2) is 29.3 Å². The van der Waals surface area contributed by atoms with Gasteiger partial charge in [-0.25, -0.2) is 0 Å². The standard InChI is InChI=1S/C8H11NO/c10-7-6-9-8-4-2-1-3-5-8/h2-5,10H,1,6-7H2. The largest absolute Gasteiger partial charge is 0.394 e. The molecule has 0 unspecified atom stereocenters. The van der Waals surface area contributed by atoms with Crippen LogP contribution in [0.3, 0.4) is 0 Å². The van der Waals surface area contributed by atoms with Crippen LogP contribution in [-0.4, -0.2) is 24.0 Å². The third-order valence-electron chi connectivity index (χ3n) is 1.24. The topological polar surface area (TPSA) is 32.6 Å². The molecule has 0 heterocycles. The van der Waals surface area contributed by atoms with Gasteiger partial charge in [0.05, 0.1) is 18.9 Å². The molecule has 1 aliphatic rings. The van der Waals surface area contributed by atoms with Gasteiger partial charge in [0.15, 0.2) is 0 Å². The number of aliphatic hydroxyl groups is 1. The number of aliphatic imine (C=N–C) groups is 1. The number of allylic oxidation sites excluding steroid dienone is 4. The predicted octanol–water partition coefficient (Wildman–Crippen LogP) is 0.936. The maximum atomic E-state index is 8.44. The average molecular weight is 137 g/mol. The van der Waals surface area contributed by atoms with E-state index in [-0.39, 0.29) is 6.61 Å². The Morgan fingerprint density at radius 2 is 2.10 bits per heavy atom. The lowest BCUT2D eigenvalue weighted by Crippen LogP contribution is -1.96. The highest BCUT2D eigenvalue weighted by atomic mass is 16.3. The van der Waals surface area contributed by atoms with Crippen molar-refractivity contribution >= 4 is 5.71 Å². The van der Waals surface area contributed by atoms with E-state index in [1.807, 2.05) is 12.2 Å². The van der Waals surface area contributed by atoms with Crippen molar-refractivity contribution < 1.29 is 5.11 Å². The lowest BCUT2D eigenvalue weighted by Gasteiger charge is -1.97. The highest BCUT2D eigenvalue weighted by molar-refractivity contribution is 6.04. The minimum atomic E-state index is 0.130. The van der Waals surface area contributed by atoms with Gasteiger partial charge in [0.1, 0.15) is 0 Å². The van der Waals surface area contributed by atoms with E-state index in [1.54, 1.807) is 0 Å². The summed E-state index contributed by atoms with van der Waals surface area (Å²) < 4.78 is 0. The minimum Gasteiger partial charge on any atom is -0.394 e. The van der Waals surface area contributed by atoms with Gasteiger partial charge in [-0.05, 0) is 18.6 Å². The number of hydrogen-bond acceptors (Lipinski definition) is 2. The molecule has 1 N–H and O–H groups in total. The number of nitrogens with zero attached hydrogens (tertiary/aromatic N) is 1. The zero-order chi connectivity index (χ0) is 7.23. The number of hydrogen-bond donors (Lipinski definition) is 1. The smallest absolute Gasteiger partial charge is 0.0628 e. The Hall–Kier alpha value is -0.890. The monoisotopic (exact) mass is 137 g/mol. The fourth-order valence-electron chi connectivity index (χ4n) is 0.796. The number of rotatable bonds is 2. The highest BCUT2D eigenvalue weighted by Crippen LogP contribution is 1.97. The quantitative estimate of drug-likeness (QED) is 0.603. The molecule has 0 amide bonds. The van der Waals surface area contributed by atoms with Crippen LogP contribution in [0.25, 0.3) is 0 Å². The van der Waals surface area contributed by atoms with Crippen LogP contribution in [0.4, 0.5) is 0 Å². The van der Waals surface area contributed by atoms with Gasteiger partial charge >= 0.3 is 0 Å². The molecule has 0 bridgehead atoms. The van der Waals surface area contributed by atoms with Crippen molar-refractivity contribution in [3.8, 4) is 0 Å². The molecule has 0 saturated carbocycles. The van der Waals surface area contributed by atoms with E-state index in [1.165, 1.54) is 0 Å². The maximum Gasteiger partial charge on any atom is 0.0628 e. The van der Waals surface area contributed by atoms with Crippen LogP contribution >= 0.6 is 0 Å². The van der Waals surface area contributed by atoms with E-state index in [4.69, 9.17) is 5.11 Å². The molecule has 0 radical (unpaired) electrons. The molecule has 0 aromatic heterocycles. The molecule has 2 nitrogen and oxygen atoms in total. The Labute approximate surface area is 60.6 Å². The summed E-state index contributed by atoms with van der Waals surface area (Å²) in [6.07, 6.45) is 9.04. The summed E-state index contributed by atoms with van der Waals surface area (Å²) in [5, 5.41) is 8.44. The second kappa shape index (κ2) is 4.01. The summed E-state index contributed by atoms with van der Waals surface area (Å²) in [6, 6.07) is 0. The van der Waals surface area contributed by atoms with Crippen LogP contribution in [0.1, 0.15) is 6.42 Å². The zero-order valence-electron chi connectivity index (χ0n) is 5.83. The lowest BCUT2D eigenvalue weighted by molar-refractivity contribution is 0.307. The summed E-state index contributed by atoms with van der Waals surface area (Å²) in [5.41, 5.74) is 0.959. The van der Waals surface area contributed by atoms with Crippen LogP contribution in [0, 0.1) is 0 Å². The SMILES string of the molecule is OCCN=C1C=CCC=C1. The van der Waals surface area contributed by atoms with Gasteiger partial charge in [-0.2, -0.15) is 0 Å². The molecular formula is C8H11NO. The lowest BCUT2D eigenvalue weighted by atomic mass is 10.2. The third kappa shape index (κ3) is 2.15. The summed E-state index contributed by atoms with van der Waals surface area (Å²) >= 11 is 0. The van der Waals surface area contributed by atoms with Gasteiger partial charge in [0.2, 0.25) is 0 Å². The molecule has 0 atom stereocenters. The molecule has 1 aliphatic carbocycles. The van der Waals surface area contributed by atoms with Crippen molar-refractivity contribution in [1.82, 2.24) is 0 Å². The summed E-state index contributed by atoms with van der Waals surface area (Å²) in [5.74, 6) is 0. The maximum absolute atomic E-state index is 8.44. The van der Waals surface area contributed by atoms with Gasteiger partial charge in [-0.3, -0.25) is 4.99 Å². The summed E-state index contributed by atoms with van der Waals surface area (Å²) in [4.78, 5) is 4.09. The molecule has 0 fully saturated rings. The zero-order valence-corrected chi connectivity index (χ0v) is 5.83. The number of aliphatic hydroxyl groups excluding tert-OH is 1. The van der Waals surface area contributed by atoms with Gasteiger partial charge in [0.25, 0.3) is 0 Å². The van der Waals surface area contributed by atoms with Crippen molar-refractivity contribution in [1.29, 1.82) is 0 Å². The Morgan fingerprint density at radius 1 is 1.40 bits per heavy atom. The first kappa shape index (κ1) is 7.22. The molecule has 2 heteroatoms. The molecule has 0 aliphatic heterocycles. The van der Waals surface area contributed by atoms with Crippen molar-refractivity contribution in [2.24, 2.45) is 4.99 Å². The Morgan fingerprint density at radius 3 is 2.70 bits per heavy atom. The minimum absolute atomic E-state index is 0.130. The van der Waals surface area contributed by atoms with Crippen molar-refractivity contribution in [3.63, 3.8) is 0 Å². The van der Waals surface area contributed by atoms with E-state index in [0.717, 1.165) is 12.1 Å². The highest BCUT2D eigenvalue weighted by Gasteiger charge is 1.90. The van der Waals surface area contributed by atoms with E-state index in [0.29, 0.717) is 6.54 Å². The molecule has 1 rings (SSSR count). The van der Waals surface area contributed by atoms with Gasteiger partial charge in [0, 0.05) is 0 Å². The Bertz CT molecular complexity index is 166. The van der Waals surface area contributed by atoms with E-state index >= 15 is 0 Å². The fraction of sp³-hybridized carbons (Fsp3) is 0.375.